The monoisotopic (exact) mass is 433 g/mol. The molecule has 160 valence electrons. The molecule has 2 N–H and O–H groups in total. The first-order chi connectivity index (χ1) is 14.2. The molecule has 0 aliphatic rings. The van der Waals surface area contributed by atoms with E-state index in [2.05, 4.69) is 10.6 Å². The molecule has 0 saturated heterocycles. The minimum Gasteiger partial charge on any atom is -0.497 e. The van der Waals surface area contributed by atoms with E-state index in [0.29, 0.717) is 13.0 Å². The number of benzene rings is 2. The van der Waals surface area contributed by atoms with Gasteiger partial charge in [-0.05, 0) is 42.2 Å². The molecule has 0 aromatic heterocycles. The first-order valence-electron chi connectivity index (χ1n) is 9.38. The van der Waals surface area contributed by atoms with Crippen LogP contribution in [0, 0.1) is 16.0 Å². The van der Waals surface area contributed by atoms with Crippen molar-refractivity contribution in [1.29, 1.82) is 0 Å². The molecule has 2 amide bonds. The van der Waals surface area contributed by atoms with Crippen molar-refractivity contribution in [1.82, 2.24) is 10.6 Å². The Balaban J connectivity index is 1.98. The second-order valence-corrected chi connectivity index (χ2v) is 7.41. The summed E-state index contributed by atoms with van der Waals surface area (Å²) in [7, 11) is 1.60. The van der Waals surface area contributed by atoms with E-state index in [-0.39, 0.29) is 28.1 Å². The van der Waals surface area contributed by atoms with E-state index < -0.39 is 16.9 Å². The number of halogens is 1. The van der Waals surface area contributed by atoms with Crippen LogP contribution in [0.2, 0.25) is 5.02 Å². The van der Waals surface area contributed by atoms with Crippen molar-refractivity contribution in [3.63, 3.8) is 0 Å². The Morgan fingerprint density at radius 1 is 1.17 bits per heavy atom. The SMILES string of the molecule is COc1ccc(CCNC(=O)C(NC(=O)c2ccc(Cl)c([N+](=O)[O-])c2)C(C)C)cc1. The molecule has 2 aromatic rings. The van der Waals surface area contributed by atoms with E-state index in [1.165, 1.54) is 12.1 Å². The second kappa shape index (κ2) is 10.6. The van der Waals surface area contributed by atoms with Gasteiger partial charge in [0.25, 0.3) is 11.6 Å². The lowest BCUT2D eigenvalue weighted by Crippen LogP contribution is -2.50. The van der Waals surface area contributed by atoms with Crippen LogP contribution in [0.5, 0.6) is 5.75 Å². The van der Waals surface area contributed by atoms with Crippen molar-refractivity contribution < 1.29 is 19.2 Å². The quantitative estimate of drug-likeness (QED) is 0.465. The highest BCUT2D eigenvalue weighted by atomic mass is 35.5. The number of ether oxygens (including phenoxy) is 1. The molecule has 2 aromatic carbocycles. The summed E-state index contributed by atoms with van der Waals surface area (Å²) in [4.78, 5) is 35.5. The second-order valence-electron chi connectivity index (χ2n) is 7.01. The molecule has 1 atom stereocenters. The first-order valence-corrected chi connectivity index (χ1v) is 9.76. The number of hydrogen-bond acceptors (Lipinski definition) is 5. The van der Waals surface area contributed by atoms with Crippen LogP contribution in [-0.2, 0) is 11.2 Å². The van der Waals surface area contributed by atoms with E-state index in [4.69, 9.17) is 16.3 Å². The Bertz CT molecular complexity index is 915. The fraction of sp³-hybridized carbons (Fsp3) is 0.333. The number of rotatable bonds is 9. The van der Waals surface area contributed by atoms with Gasteiger partial charge < -0.3 is 15.4 Å². The van der Waals surface area contributed by atoms with E-state index in [1.807, 2.05) is 24.3 Å². The maximum atomic E-state index is 12.6. The van der Waals surface area contributed by atoms with Crippen LogP contribution >= 0.6 is 11.6 Å². The molecule has 0 radical (unpaired) electrons. The van der Waals surface area contributed by atoms with Crippen LogP contribution in [-0.4, -0.2) is 36.4 Å². The summed E-state index contributed by atoms with van der Waals surface area (Å²) in [6, 6.07) is 10.5. The van der Waals surface area contributed by atoms with Gasteiger partial charge in [-0.3, -0.25) is 19.7 Å². The summed E-state index contributed by atoms with van der Waals surface area (Å²) in [5.41, 5.74) is 0.729. The molecule has 0 spiro atoms. The molecule has 9 heteroatoms. The van der Waals surface area contributed by atoms with Crippen molar-refractivity contribution in [3.8, 4) is 5.75 Å². The Morgan fingerprint density at radius 2 is 1.83 bits per heavy atom. The van der Waals surface area contributed by atoms with Crippen molar-refractivity contribution in [3.05, 3.63) is 68.7 Å². The van der Waals surface area contributed by atoms with Gasteiger partial charge in [0.2, 0.25) is 5.91 Å². The summed E-state index contributed by atoms with van der Waals surface area (Å²) in [6.07, 6.45) is 0.623. The first kappa shape index (κ1) is 23.2. The summed E-state index contributed by atoms with van der Waals surface area (Å²) < 4.78 is 5.12. The van der Waals surface area contributed by atoms with Crippen LogP contribution in [0.1, 0.15) is 29.8 Å². The van der Waals surface area contributed by atoms with Gasteiger partial charge >= 0.3 is 0 Å². The van der Waals surface area contributed by atoms with E-state index in [1.54, 1.807) is 21.0 Å². The molecule has 0 bridgehead atoms. The van der Waals surface area contributed by atoms with Gasteiger partial charge in [0.05, 0.1) is 12.0 Å². The van der Waals surface area contributed by atoms with Crippen molar-refractivity contribution in [2.24, 2.45) is 5.92 Å². The summed E-state index contributed by atoms with van der Waals surface area (Å²) >= 11 is 5.78. The number of nitro groups is 1. The molecule has 0 aliphatic heterocycles. The fourth-order valence-electron chi connectivity index (χ4n) is 2.79. The van der Waals surface area contributed by atoms with Gasteiger partial charge in [0, 0.05) is 18.2 Å². The Labute approximate surface area is 179 Å². The van der Waals surface area contributed by atoms with Crippen LogP contribution in [0.4, 0.5) is 5.69 Å². The molecule has 1 unspecified atom stereocenters. The molecule has 0 aliphatic carbocycles. The molecule has 2 rings (SSSR count). The molecule has 0 heterocycles. The summed E-state index contributed by atoms with van der Waals surface area (Å²) in [6.45, 7) is 4.01. The smallest absolute Gasteiger partial charge is 0.288 e. The predicted octanol–water partition coefficient (Wildman–Crippen LogP) is 3.37. The third-order valence-corrected chi connectivity index (χ3v) is 4.83. The van der Waals surface area contributed by atoms with Crippen LogP contribution in [0.25, 0.3) is 0 Å². The number of carbonyl (C=O) groups excluding carboxylic acids is 2. The van der Waals surface area contributed by atoms with Gasteiger partial charge in [-0.25, -0.2) is 0 Å². The number of hydrogen-bond donors (Lipinski definition) is 2. The van der Waals surface area contributed by atoms with E-state index in [9.17, 15) is 19.7 Å². The number of methoxy groups -OCH3 is 1. The normalized spacial score (nSPS) is 11.6. The van der Waals surface area contributed by atoms with E-state index in [0.717, 1.165) is 17.4 Å². The van der Waals surface area contributed by atoms with Crippen LogP contribution in [0.3, 0.4) is 0 Å². The Kier molecular flexibility index (Phi) is 8.17. The molecule has 8 nitrogen and oxygen atoms in total. The van der Waals surface area contributed by atoms with Crippen LogP contribution in [0.15, 0.2) is 42.5 Å². The van der Waals surface area contributed by atoms with Gasteiger partial charge in [-0.2, -0.15) is 0 Å². The van der Waals surface area contributed by atoms with E-state index >= 15 is 0 Å². The number of amides is 2. The zero-order valence-electron chi connectivity index (χ0n) is 17.0. The number of nitrogens with zero attached hydrogens (tertiary/aromatic N) is 1. The Morgan fingerprint density at radius 3 is 2.40 bits per heavy atom. The molecular formula is C21H24ClN3O5. The maximum absolute atomic E-state index is 12.6. The van der Waals surface area contributed by atoms with Crippen LogP contribution < -0.4 is 15.4 Å². The minimum absolute atomic E-state index is 0.0581. The molecular weight excluding hydrogens is 410 g/mol. The maximum Gasteiger partial charge on any atom is 0.288 e. The number of carbonyl (C=O) groups is 2. The van der Waals surface area contributed by atoms with Crippen molar-refractivity contribution in [2.75, 3.05) is 13.7 Å². The third-order valence-electron chi connectivity index (χ3n) is 4.51. The number of nitro benzene ring substituents is 1. The van der Waals surface area contributed by atoms with Gasteiger partial charge in [-0.15, -0.1) is 0 Å². The minimum atomic E-state index is -0.789. The highest BCUT2D eigenvalue weighted by Gasteiger charge is 2.25. The highest BCUT2D eigenvalue weighted by molar-refractivity contribution is 6.32. The molecule has 0 saturated carbocycles. The highest BCUT2D eigenvalue weighted by Crippen LogP contribution is 2.25. The van der Waals surface area contributed by atoms with Crippen molar-refractivity contribution >= 4 is 29.1 Å². The predicted molar refractivity (Wildman–Crippen MR) is 114 cm³/mol. The largest absolute Gasteiger partial charge is 0.497 e. The van der Waals surface area contributed by atoms with Gasteiger partial charge in [0.15, 0.2) is 0 Å². The lowest BCUT2D eigenvalue weighted by atomic mass is 10.0. The zero-order valence-corrected chi connectivity index (χ0v) is 17.7. The zero-order chi connectivity index (χ0) is 22.3. The number of nitrogens with one attached hydrogen (secondary N) is 2. The molecule has 30 heavy (non-hydrogen) atoms. The molecule has 0 fully saturated rings. The average molecular weight is 434 g/mol. The summed E-state index contributed by atoms with van der Waals surface area (Å²) in [5, 5.41) is 16.4. The Hall–Kier alpha value is -3.13. The average Bonchev–Trinajstić information content (AvgIpc) is 2.72. The lowest BCUT2D eigenvalue weighted by molar-refractivity contribution is -0.384. The lowest BCUT2D eigenvalue weighted by Gasteiger charge is -2.22. The van der Waals surface area contributed by atoms with Gasteiger partial charge in [0.1, 0.15) is 16.8 Å². The third kappa shape index (κ3) is 6.18. The van der Waals surface area contributed by atoms with Crippen molar-refractivity contribution in [2.45, 2.75) is 26.3 Å². The standard InChI is InChI=1S/C21H24ClN3O5/c1-13(2)19(21(27)23-11-10-14-4-7-16(30-3)8-5-14)24-20(26)15-6-9-17(22)18(12-15)25(28)29/h4-9,12-13,19H,10-11H2,1-3H3,(H,23,27)(H,24,26). The fourth-order valence-corrected chi connectivity index (χ4v) is 2.97. The van der Waals surface area contributed by atoms with Gasteiger partial charge in [-0.1, -0.05) is 37.6 Å². The summed E-state index contributed by atoms with van der Waals surface area (Å²) in [5.74, 6) is -0.334. The topological polar surface area (TPSA) is 111 Å².